The van der Waals surface area contributed by atoms with E-state index in [2.05, 4.69) is 10.3 Å². The molecule has 0 radical (unpaired) electrons. The van der Waals surface area contributed by atoms with E-state index in [1.807, 2.05) is 0 Å². The van der Waals surface area contributed by atoms with E-state index in [9.17, 15) is 4.39 Å². The first-order chi connectivity index (χ1) is 8.13. The summed E-state index contributed by atoms with van der Waals surface area (Å²) in [5.41, 5.74) is 11.9. The van der Waals surface area contributed by atoms with Crippen molar-refractivity contribution >= 4 is 11.7 Å². The monoisotopic (exact) mass is 235 g/mol. The SMILES string of the molecule is N/C(=N\O)c1cnn(-c2cccc(F)c2)c1N. The molecule has 0 saturated carbocycles. The van der Waals surface area contributed by atoms with Crippen LogP contribution in [0.1, 0.15) is 5.56 Å². The van der Waals surface area contributed by atoms with Crippen LogP contribution in [0, 0.1) is 5.82 Å². The van der Waals surface area contributed by atoms with Crippen molar-refractivity contribution in [3.8, 4) is 5.69 Å². The van der Waals surface area contributed by atoms with Crippen LogP contribution in [-0.4, -0.2) is 20.8 Å². The Morgan fingerprint density at radius 1 is 1.47 bits per heavy atom. The van der Waals surface area contributed by atoms with Gasteiger partial charge < -0.3 is 16.7 Å². The van der Waals surface area contributed by atoms with E-state index in [0.29, 0.717) is 5.69 Å². The van der Waals surface area contributed by atoms with Crippen molar-refractivity contribution in [3.63, 3.8) is 0 Å². The standard InChI is InChI=1S/C10H10FN5O/c11-6-2-1-3-7(4-6)16-10(13)8(5-14-16)9(12)15-17/h1-5,17H,13H2,(H2,12,15). The summed E-state index contributed by atoms with van der Waals surface area (Å²) in [5, 5.41) is 15.3. The van der Waals surface area contributed by atoms with Crippen molar-refractivity contribution in [3.05, 3.63) is 41.8 Å². The molecule has 1 aromatic heterocycles. The lowest BCUT2D eigenvalue weighted by atomic mass is 10.3. The van der Waals surface area contributed by atoms with Gasteiger partial charge in [-0.1, -0.05) is 11.2 Å². The summed E-state index contributed by atoms with van der Waals surface area (Å²) in [5.74, 6) is -0.376. The Morgan fingerprint density at radius 2 is 2.24 bits per heavy atom. The number of anilines is 1. The van der Waals surface area contributed by atoms with Gasteiger partial charge in [0.15, 0.2) is 5.84 Å². The maximum Gasteiger partial charge on any atom is 0.175 e. The van der Waals surface area contributed by atoms with Gasteiger partial charge in [-0.3, -0.25) is 0 Å². The third-order valence-electron chi connectivity index (χ3n) is 2.24. The van der Waals surface area contributed by atoms with Crippen LogP contribution in [0.15, 0.2) is 35.6 Å². The first kappa shape index (κ1) is 10.9. The van der Waals surface area contributed by atoms with Gasteiger partial charge in [-0.05, 0) is 18.2 Å². The molecule has 0 amide bonds. The van der Waals surface area contributed by atoms with Gasteiger partial charge in [-0.25, -0.2) is 9.07 Å². The Labute approximate surface area is 95.9 Å². The highest BCUT2D eigenvalue weighted by Gasteiger charge is 2.12. The molecule has 1 aromatic carbocycles. The highest BCUT2D eigenvalue weighted by molar-refractivity contribution is 6.00. The minimum absolute atomic E-state index is 0.148. The lowest BCUT2D eigenvalue weighted by Gasteiger charge is -2.04. The molecule has 5 N–H and O–H groups in total. The average molecular weight is 235 g/mol. The number of aromatic nitrogens is 2. The molecule has 0 aliphatic rings. The molecule has 17 heavy (non-hydrogen) atoms. The second kappa shape index (κ2) is 4.12. The summed E-state index contributed by atoms with van der Waals surface area (Å²) >= 11 is 0. The van der Waals surface area contributed by atoms with Crippen molar-refractivity contribution in [1.29, 1.82) is 0 Å². The molecule has 0 aliphatic heterocycles. The molecule has 2 aromatic rings. The van der Waals surface area contributed by atoms with Gasteiger partial charge in [0.2, 0.25) is 0 Å². The van der Waals surface area contributed by atoms with E-state index in [1.165, 1.54) is 29.1 Å². The Bertz CT molecular complexity index is 578. The Kier molecular flexibility index (Phi) is 2.65. The number of nitrogens with two attached hydrogens (primary N) is 2. The van der Waals surface area contributed by atoms with Gasteiger partial charge in [0.1, 0.15) is 11.6 Å². The van der Waals surface area contributed by atoms with Gasteiger partial charge in [0.25, 0.3) is 0 Å². The quantitative estimate of drug-likeness (QED) is 0.308. The second-order valence-electron chi connectivity index (χ2n) is 3.32. The predicted octanol–water partition coefficient (Wildman–Crippen LogP) is 0.688. The predicted molar refractivity (Wildman–Crippen MR) is 60.4 cm³/mol. The van der Waals surface area contributed by atoms with Crippen LogP contribution in [0.5, 0.6) is 0 Å². The number of nitrogens with zero attached hydrogens (tertiary/aromatic N) is 3. The van der Waals surface area contributed by atoms with Crippen LogP contribution in [0.4, 0.5) is 10.2 Å². The van der Waals surface area contributed by atoms with Gasteiger partial charge in [-0.2, -0.15) is 5.10 Å². The van der Waals surface area contributed by atoms with Crippen molar-refractivity contribution in [2.45, 2.75) is 0 Å². The normalized spacial score (nSPS) is 11.7. The number of benzene rings is 1. The fourth-order valence-electron chi connectivity index (χ4n) is 1.42. The number of rotatable bonds is 2. The smallest absolute Gasteiger partial charge is 0.175 e. The molecule has 88 valence electrons. The van der Waals surface area contributed by atoms with E-state index in [1.54, 1.807) is 6.07 Å². The largest absolute Gasteiger partial charge is 0.409 e. The number of oxime groups is 1. The number of halogens is 1. The summed E-state index contributed by atoms with van der Waals surface area (Å²) < 4.78 is 14.3. The topological polar surface area (TPSA) is 102 Å². The molecule has 0 fully saturated rings. The van der Waals surface area contributed by atoms with Crippen LogP contribution < -0.4 is 11.5 Å². The lowest BCUT2D eigenvalue weighted by Crippen LogP contribution is -2.15. The van der Waals surface area contributed by atoms with Crippen LogP contribution in [-0.2, 0) is 0 Å². The van der Waals surface area contributed by atoms with Gasteiger partial charge >= 0.3 is 0 Å². The average Bonchev–Trinajstić information content (AvgIpc) is 2.70. The van der Waals surface area contributed by atoms with Gasteiger partial charge in [0.05, 0.1) is 17.4 Å². The van der Waals surface area contributed by atoms with E-state index >= 15 is 0 Å². The third-order valence-corrected chi connectivity index (χ3v) is 2.24. The number of amidine groups is 1. The molecule has 0 bridgehead atoms. The third kappa shape index (κ3) is 1.89. The van der Waals surface area contributed by atoms with Gasteiger partial charge in [0, 0.05) is 0 Å². The van der Waals surface area contributed by atoms with Crippen LogP contribution in [0.25, 0.3) is 5.69 Å². The van der Waals surface area contributed by atoms with Gasteiger partial charge in [-0.15, -0.1) is 0 Å². The lowest BCUT2D eigenvalue weighted by molar-refractivity contribution is 0.318. The molecular weight excluding hydrogens is 225 g/mol. The van der Waals surface area contributed by atoms with Crippen molar-refractivity contribution in [1.82, 2.24) is 9.78 Å². The van der Waals surface area contributed by atoms with E-state index in [0.717, 1.165) is 0 Å². The zero-order valence-corrected chi connectivity index (χ0v) is 8.71. The van der Waals surface area contributed by atoms with Crippen LogP contribution in [0.3, 0.4) is 0 Å². The molecular formula is C10H10FN5O. The fraction of sp³-hybridized carbons (Fsp3) is 0. The van der Waals surface area contributed by atoms with Crippen molar-refractivity contribution in [2.75, 3.05) is 5.73 Å². The van der Waals surface area contributed by atoms with Crippen LogP contribution >= 0.6 is 0 Å². The van der Waals surface area contributed by atoms with E-state index in [4.69, 9.17) is 16.7 Å². The zero-order valence-electron chi connectivity index (χ0n) is 8.71. The van der Waals surface area contributed by atoms with Crippen LogP contribution in [0.2, 0.25) is 0 Å². The zero-order chi connectivity index (χ0) is 12.4. The maximum atomic E-state index is 13.0. The Hall–Kier alpha value is -2.57. The Balaban J connectivity index is 2.51. The summed E-state index contributed by atoms with van der Waals surface area (Å²) in [6.07, 6.45) is 1.34. The highest BCUT2D eigenvalue weighted by atomic mass is 19.1. The Morgan fingerprint density at radius 3 is 2.88 bits per heavy atom. The molecule has 0 atom stereocenters. The molecule has 1 heterocycles. The molecule has 2 rings (SSSR count). The summed E-state index contributed by atoms with van der Waals surface area (Å²) in [4.78, 5) is 0. The van der Waals surface area contributed by atoms with Crippen molar-refractivity contribution < 1.29 is 9.60 Å². The van der Waals surface area contributed by atoms with E-state index < -0.39 is 5.82 Å². The molecule has 7 heteroatoms. The van der Waals surface area contributed by atoms with Crippen molar-refractivity contribution in [2.24, 2.45) is 10.9 Å². The molecule has 0 unspecified atom stereocenters. The number of hydrogen-bond acceptors (Lipinski definition) is 4. The molecule has 0 spiro atoms. The molecule has 6 nitrogen and oxygen atoms in total. The highest BCUT2D eigenvalue weighted by Crippen LogP contribution is 2.17. The number of nitrogen functional groups attached to an aromatic ring is 1. The first-order valence-corrected chi connectivity index (χ1v) is 4.71. The maximum absolute atomic E-state index is 13.0. The first-order valence-electron chi connectivity index (χ1n) is 4.71. The minimum atomic E-state index is -0.400. The fourth-order valence-corrected chi connectivity index (χ4v) is 1.42. The second-order valence-corrected chi connectivity index (χ2v) is 3.32. The summed E-state index contributed by atoms with van der Waals surface area (Å²) in [6.45, 7) is 0. The molecule has 0 aliphatic carbocycles. The summed E-state index contributed by atoms with van der Waals surface area (Å²) in [6, 6.07) is 5.77. The summed E-state index contributed by atoms with van der Waals surface area (Å²) in [7, 11) is 0. The molecule has 0 saturated heterocycles. The van der Waals surface area contributed by atoms with E-state index in [-0.39, 0.29) is 17.2 Å². The number of hydrogen-bond donors (Lipinski definition) is 3. The minimum Gasteiger partial charge on any atom is -0.409 e.